The van der Waals surface area contributed by atoms with Crippen LogP contribution in [0.2, 0.25) is 0 Å². The average molecular weight is 323 g/mol. The summed E-state index contributed by atoms with van der Waals surface area (Å²) in [5, 5.41) is 8.10. The topological polar surface area (TPSA) is 27.1 Å². The molecule has 0 unspecified atom stereocenters. The van der Waals surface area contributed by atoms with Gasteiger partial charge in [0.05, 0.1) is 11.0 Å². The predicted molar refractivity (Wildman–Crippen MR) is 73.5 cm³/mol. The maximum absolute atomic E-state index is 13.2. The van der Waals surface area contributed by atoms with Crippen LogP contribution in [0.15, 0.2) is 40.9 Å². The molecule has 0 atom stereocenters. The molecule has 19 heavy (non-hydrogen) atoms. The van der Waals surface area contributed by atoms with Crippen LogP contribution in [0.25, 0.3) is 0 Å². The van der Waals surface area contributed by atoms with Gasteiger partial charge in [-0.15, -0.1) is 0 Å². The van der Waals surface area contributed by atoms with Gasteiger partial charge in [0, 0.05) is 11.3 Å². The van der Waals surface area contributed by atoms with Crippen LogP contribution in [-0.4, -0.2) is 5.84 Å². The smallest absolute Gasteiger partial charge is 0.137 e. The molecule has 0 aliphatic carbocycles. The maximum Gasteiger partial charge on any atom is 0.137 e. The van der Waals surface area contributed by atoms with Crippen molar-refractivity contribution >= 4 is 27.5 Å². The second kappa shape index (κ2) is 4.42. The minimum atomic E-state index is -0.356. The zero-order valence-electron chi connectivity index (χ0n) is 9.75. The van der Waals surface area contributed by atoms with Gasteiger partial charge in [-0.3, -0.25) is 5.41 Å². The molecule has 0 aromatic heterocycles. The van der Waals surface area contributed by atoms with E-state index in [9.17, 15) is 8.78 Å². The molecule has 0 radical (unpaired) electrons. The Bertz CT molecular complexity index is 685. The first-order valence-electron chi connectivity index (χ1n) is 5.66. The van der Waals surface area contributed by atoms with Crippen LogP contribution in [0, 0.1) is 17.0 Å². The van der Waals surface area contributed by atoms with E-state index in [0.717, 1.165) is 5.56 Å². The van der Waals surface area contributed by atoms with Crippen molar-refractivity contribution in [2.45, 2.75) is 6.54 Å². The number of benzene rings is 2. The van der Waals surface area contributed by atoms with Crippen LogP contribution >= 0.6 is 15.9 Å². The number of fused-ring (bicyclic) bond motifs is 1. The van der Waals surface area contributed by atoms with Crippen molar-refractivity contribution in [1.29, 1.82) is 5.41 Å². The lowest BCUT2D eigenvalue weighted by Gasteiger charge is -2.18. The molecule has 1 aliphatic rings. The zero-order valence-corrected chi connectivity index (χ0v) is 11.3. The van der Waals surface area contributed by atoms with Crippen LogP contribution in [0.4, 0.5) is 14.5 Å². The third-order valence-electron chi connectivity index (χ3n) is 3.14. The normalized spacial score (nSPS) is 13.8. The highest BCUT2D eigenvalue weighted by Gasteiger charge is 2.26. The Morgan fingerprint density at radius 1 is 1.11 bits per heavy atom. The molecular weight excluding hydrogens is 314 g/mol. The molecule has 2 aromatic rings. The summed E-state index contributed by atoms with van der Waals surface area (Å²) in [5.74, 6) is -0.475. The first-order chi connectivity index (χ1) is 9.06. The van der Waals surface area contributed by atoms with Crippen LogP contribution in [0.3, 0.4) is 0 Å². The second-order valence-electron chi connectivity index (χ2n) is 4.33. The number of hydrogen-bond donors (Lipinski definition) is 1. The predicted octanol–water partition coefficient (Wildman–Crippen LogP) is 4.07. The van der Waals surface area contributed by atoms with Crippen LogP contribution < -0.4 is 4.90 Å². The van der Waals surface area contributed by atoms with Crippen LogP contribution in [-0.2, 0) is 6.54 Å². The molecule has 1 heterocycles. The third kappa shape index (κ3) is 2.04. The minimum Gasteiger partial charge on any atom is -0.322 e. The first-order valence-corrected chi connectivity index (χ1v) is 6.45. The summed E-state index contributed by atoms with van der Waals surface area (Å²) < 4.78 is 26.8. The summed E-state index contributed by atoms with van der Waals surface area (Å²) >= 11 is 3.13. The standard InChI is InChI=1S/C14H9BrF2N2/c15-12-6-10(3-4-13(12)17)19-7-8-1-2-9(16)5-11(8)14(19)18/h1-6,18H,7H2. The summed E-state index contributed by atoms with van der Waals surface area (Å²) in [4.78, 5) is 1.72. The van der Waals surface area contributed by atoms with Gasteiger partial charge >= 0.3 is 0 Å². The second-order valence-corrected chi connectivity index (χ2v) is 5.19. The van der Waals surface area contributed by atoms with E-state index in [2.05, 4.69) is 15.9 Å². The van der Waals surface area contributed by atoms with Gasteiger partial charge < -0.3 is 4.90 Å². The van der Waals surface area contributed by atoms with Crippen molar-refractivity contribution in [3.8, 4) is 0 Å². The molecule has 96 valence electrons. The van der Waals surface area contributed by atoms with E-state index in [1.165, 1.54) is 18.2 Å². The van der Waals surface area contributed by atoms with E-state index in [1.807, 2.05) is 0 Å². The Balaban J connectivity index is 2.01. The summed E-state index contributed by atoms with van der Waals surface area (Å²) in [6.07, 6.45) is 0. The van der Waals surface area contributed by atoms with Gasteiger partial charge in [0.2, 0.25) is 0 Å². The molecule has 0 saturated heterocycles. The van der Waals surface area contributed by atoms with E-state index in [4.69, 9.17) is 5.41 Å². The molecule has 0 bridgehead atoms. The number of amidine groups is 1. The highest BCUT2D eigenvalue weighted by Crippen LogP contribution is 2.31. The molecule has 3 rings (SSSR count). The van der Waals surface area contributed by atoms with Gasteiger partial charge in [-0.25, -0.2) is 8.78 Å². The van der Waals surface area contributed by atoms with Gasteiger partial charge in [-0.2, -0.15) is 0 Å². The van der Waals surface area contributed by atoms with E-state index in [0.29, 0.717) is 22.3 Å². The van der Waals surface area contributed by atoms with Crippen molar-refractivity contribution in [2.75, 3.05) is 4.90 Å². The van der Waals surface area contributed by atoms with Gasteiger partial charge in [0.15, 0.2) is 0 Å². The molecule has 0 spiro atoms. The van der Waals surface area contributed by atoms with Crippen molar-refractivity contribution in [3.05, 3.63) is 63.6 Å². The Hall–Kier alpha value is -1.75. The fraction of sp³-hybridized carbons (Fsp3) is 0.0714. The summed E-state index contributed by atoms with van der Waals surface area (Å²) in [5.41, 5.74) is 2.18. The summed E-state index contributed by atoms with van der Waals surface area (Å²) in [6, 6.07) is 8.99. The lowest BCUT2D eigenvalue weighted by Crippen LogP contribution is -2.23. The fourth-order valence-electron chi connectivity index (χ4n) is 2.18. The maximum atomic E-state index is 13.2. The Labute approximate surface area is 117 Å². The molecule has 1 N–H and O–H groups in total. The fourth-order valence-corrected chi connectivity index (χ4v) is 2.54. The van der Waals surface area contributed by atoms with Gasteiger partial charge in [-0.05, 0) is 51.8 Å². The highest BCUT2D eigenvalue weighted by atomic mass is 79.9. The van der Waals surface area contributed by atoms with Crippen LogP contribution in [0.5, 0.6) is 0 Å². The first kappa shape index (κ1) is 12.3. The minimum absolute atomic E-state index is 0.230. The highest BCUT2D eigenvalue weighted by molar-refractivity contribution is 9.10. The number of halogens is 3. The lowest BCUT2D eigenvalue weighted by molar-refractivity contribution is 0.621. The number of hydrogen-bond acceptors (Lipinski definition) is 1. The number of anilines is 1. The largest absolute Gasteiger partial charge is 0.322 e. The van der Waals surface area contributed by atoms with E-state index in [-0.39, 0.29) is 17.5 Å². The molecule has 1 aliphatic heterocycles. The monoisotopic (exact) mass is 322 g/mol. The number of rotatable bonds is 1. The van der Waals surface area contributed by atoms with E-state index >= 15 is 0 Å². The van der Waals surface area contributed by atoms with Crippen LogP contribution in [0.1, 0.15) is 11.1 Å². The van der Waals surface area contributed by atoms with E-state index in [1.54, 1.807) is 23.1 Å². The average Bonchev–Trinajstić information content (AvgIpc) is 2.70. The summed E-state index contributed by atoms with van der Waals surface area (Å²) in [6.45, 7) is 0.493. The zero-order chi connectivity index (χ0) is 13.6. The van der Waals surface area contributed by atoms with Crippen molar-refractivity contribution in [2.24, 2.45) is 0 Å². The number of nitrogens with zero attached hydrogens (tertiary/aromatic N) is 1. The SMILES string of the molecule is N=C1c2cc(F)ccc2CN1c1ccc(F)c(Br)c1. The van der Waals surface area contributed by atoms with Crippen molar-refractivity contribution in [3.63, 3.8) is 0 Å². The van der Waals surface area contributed by atoms with Gasteiger partial charge in [0.1, 0.15) is 17.5 Å². The van der Waals surface area contributed by atoms with Crippen molar-refractivity contribution < 1.29 is 8.78 Å². The lowest BCUT2D eigenvalue weighted by atomic mass is 10.1. The molecule has 2 nitrogen and oxygen atoms in total. The molecule has 0 fully saturated rings. The quantitative estimate of drug-likeness (QED) is 0.841. The third-order valence-corrected chi connectivity index (χ3v) is 3.75. The van der Waals surface area contributed by atoms with Crippen molar-refractivity contribution in [1.82, 2.24) is 0 Å². The molecule has 2 aromatic carbocycles. The molecule has 0 saturated carbocycles. The van der Waals surface area contributed by atoms with Gasteiger partial charge in [0.25, 0.3) is 0 Å². The molecular formula is C14H9BrF2N2. The summed E-state index contributed by atoms with van der Waals surface area (Å²) in [7, 11) is 0. The van der Waals surface area contributed by atoms with E-state index < -0.39 is 0 Å². The number of nitrogens with one attached hydrogen (secondary N) is 1. The Morgan fingerprint density at radius 3 is 2.63 bits per heavy atom. The molecule has 0 amide bonds. The molecule has 5 heteroatoms. The Kier molecular flexibility index (Phi) is 2.86. The Morgan fingerprint density at radius 2 is 1.89 bits per heavy atom. The van der Waals surface area contributed by atoms with Gasteiger partial charge in [-0.1, -0.05) is 6.07 Å².